The van der Waals surface area contributed by atoms with Gasteiger partial charge in [0.15, 0.2) is 0 Å². The van der Waals surface area contributed by atoms with Crippen LogP contribution in [0.1, 0.15) is 25.1 Å². The van der Waals surface area contributed by atoms with E-state index in [1.165, 1.54) is 31.4 Å². The molecule has 24 heavy (non-hydrogen) atoms. The Bertz CT molecular complexity index is 703. The number of urea groups is 1. The highest BCUT2D eigenvalue weighted by atomic mass is 19.1. The van der Waals surface area contributed by atoms with E-state index in [2.05, 4.69) is 25.5 Å². The van der Waals surface area contributed by atoms with Gasteiger partial charge in [-0.1, -0.05) is 12.1 Å². The molecule has 1 aromatic heterocycles. The Morgan fingerprint density at radius 1 is 1.17 bits per heavy atom. The molecule has 2 N–H and O–H groups in total. The van der Waals surface area contributed by atoms with E-state index in [1.807, 2.05) is 6.07 Å². The highest BCUT2D eigenvalue weighted by Crippen LogP contribution is 2.17. The lowest BCUT2D eigenvalue weighted by Gasteiger charge is -2.27. The molecule has 1 aromatic carbocycles. The maximum atomic E-state index is 13.5. The fraction of sp³-hybridized carbons (Fsp3) is 0.353. The van der Waals surface area contributed by atoms with E-state index >= 15 is 0 Å². The Morgan fingerprint density at radius 3 is 2.75 bits per heavy atom. The van der Waals surface area contributed by atoms with Gasteiger partial charge >= 0.3 is 6.03 Å². The molecule has 1 fully saturated rings. The van der Waals surface area contributed by atoms with E-state index in [0.717, 1.165) is 18.9 Å². The summed E-state index contributed by atoms with van der Waals surface area (Å²) in [6, 6.07) is 7.41. The summed E-state index contributed by atoms with van der Waals surface area (Å²) >= 11 is 0. The molecule has 6 nitrogen and oxygen atoms in total. The van der Waals surface area contributed by atoms with Crippen molar-refractivity contribution in [2.45, 2.75) is 25.8 Å². The zero-order chi connectivity index (χ0) is 16.8. The lowest BCUT2D eigenvalue weighted by atomic mass is 10.1. The van der Waals surface area contributed by atoms with Crippen molar-refractivity contribution >= 4 is 17.5 Å². The Morgan fingerprint density at radius 2 is 1.96 bits per heavy atom. The second kappa shape index (κ2) is 7.72. The van der Waals surface area contributed by atoms with Crippen LogP contribution in [0.3, 0.4) is 0 Å². The Labute approximate surface area is 140 Å². The Hall–Kier alpha value is -2.70. The molecule has 126 valence electrons. The molecule has 0 saturated carbocycles. The monoisotopic (exact) mass is 329 g/mol. The molecular formula is C17H20FN5O. The molecule has 0 atom stereocenters. The second-order valence-electron chi connectivity index (χ2n) is 5.67. The highest BCUT2D eigenvalue weighted by Gasteiger charge is 2.13. The van der Waals surface area contributed by atoms with Gasteiger partial charge in [0.25, 0.3) is 0 Å². The third kappa shape index (κ3) is 4.18. The number of nitrogens with zero attached hydrogens (tertiary/aromatic N) is 3. The van der Waals surface area contributed by atoms with Crippen LogP contribution in [0.15, 0.2) is 36.5 Å². The molecule has 0 unspecified atom stereocenters. The van der Waals surface area contributed by atoms with Crippen molar-refractivity contribution in [3.63, 3.8) is 0 Å². The van der Waals surface area contributed by atoms with Crippen LogP contribution in [0.5, 0.6) is 0 Å². The molecule has 2 heterocycles. The predicted molar refractivity (Wildman–Crippen MR) is 90.4 cm³/mol. The van der Waals surface area contributed by atoms with E-state index in [0.29, 0.717) is 5.82 Å². The van der Waals surface area contributed by atoms with Gasteiger partial charge in [0.1, 0.15) is 17.5 Å². The van der Waals surface area contributed by atoms with Crippen LogP contribution < -0.4 is 15.5 Å². The van der Waals surface area contributed by atoms with Crippen molar-refractivity contribution in [1.29, 1.82) is 0 Å². The van der Waals surface area contributed by atoms with Gasteiger partial charge in [-0.05, 0) is 37.5 Å². The fourth-order valence-corrected chi connectivity index (χ4v) is 2.66. The Kier molecular flexibility index (Phi) is 5.20. The molecule has 2 amide bonds. The third-order valence-electron chi connectivity index (χ3n) is 3.90. The minimum absolute atomic E-state index is 0.137. The molecule has 2 aromatic rings. The number of halogens is 1. The van der Waals surface area contributed by atoms with Gasteiger partial charge in [-0.25, -0.2) is 19.2 Å². The number of amides is 2. The number of nitrogens with one attached hydrogen (secondary N) is 2. The van der Waals surface area contributed by atoms with Crippen LogP contribution in [0.4, 0.5) is 20.7 Å². The average molecular weight is 329 g/mol. The molecule has 0 spiro atoms. The van der Waals surface area contributed by atoms with Crippen molar-refractivity contribution in [2.24, 2.45) is 0 Å². The van der Waals surface area contributed by atoms with Crippen LogP contribution in [0, 0.1) is 5.82 Å². The molecule has 1 aliphatic heterocycles. The number of piperidine rings is 1. The normalized spacial score (nSPS) is 14.3. The highest BCUT2D eigenvalue weighted by molar-refractivity contribution is 5.89. The standard InChI is InChI=1S/C17H20FN5O/c18-13-6-2-3-7-14(13)21-17(24)20-12-15-19-9-8-16(22-15)23-10-4-1-5-11-23/h2-3,6-9H,1,4-5,10-12H2,(H2,20,21,24). The van der Waals surface area contributed by atoms with E-state index < -0.39 is 11.8 Å². The van der Waals surface area contributed by atoms with Gasteiger partial charge in [0.05, 0.1) is 12.2 Å². The van der Waals surface area contributed by atoms with Gasteiger partial charge < -0.3 is 15.5 Å². The molecule has 7 heteroatoms. The van der Waals surface area contributed by atoms with Crippen LogP contribution >= 0.6 is 0 Å². The number of para-hydroxylation sites is 1. The predicted octanol–water partition coefficient (Wildman–Crippen LogP) is 2.93. The number of carbonyl (C=O) groups excluding carboxylic acids is 1. The van der Waals surface area contributed by atoms with Crippen molar-refractivity contribution in [2.75, 3.05) is 23.3 Å². The minimum atomic E-state index is -0.493. The average Bonchev–Trinajstić information content (AvgIpc) is 2.63. The van der Waals surface area contributed by atoms with Gasteiger partial charge in [-0.15, -0.1) is 0 Å². The van der Waals surface area contributed by atoms with E-state index in [1.54, 1.807) is 18.3 Å². The zero-order valence-electron chi connectivity index (χ0n) is 13.3. The molecule has 3 rings (SSSR count). The van der Waals surface area contributed by atoms with E-state index in [-0.39, 0.29) is 12.2 Å². The lowest BCUT2D eigenvalue weighted by Crippen LogP contribution is -2.31. The number of hydrogen-bond donors (Lipinski definition) is 2. The van der Waals surface area contributed by atoms with Crippen LogP contribution in [-0.2, 0) is 6.54 Å². The van der Waals surface area contributed by atoms with Crippen LogP contribution in [-0.4, -0.2) is 29.1 Å². The lowest BCUT2D eigenvalue weighted by molar-refractivity contribution is 0.251. The van der Waals surface area contributed by atoms with Crippen molar-refractivity contribution < 1.29 is 9.18 Å². The summed E-state index contributed by atoms with van der Waals surface area (Å²) in [4.78, 5) is 22.8. The maximum Gasteiger partial charge on any atom is 0.319 e. The summed E-state index contributed by atoms with van der Waals surface area (Å²) in [5.74, 6) is 0.939. The summed E-state index contributed by atoms with van der Waals surface area (Å²) in [5, 5.41) is 5.11. The number of anilines is 2. The number of rotatable bonds is 4. The summed E-state index contributed by atoms with van der Waals surface area (Å²) < 4.78 is 13.5. The van der Waals surface area contributed by atoms with Crippen LogP contribution in [0.2, 0.25) is 0 Å². The smallest absolute Gasteiger partial charge is 0.319 e. The summed E-state index contributed by atoms with van der Waals surface area (Å²) in [5.41, 5.74) is 0.137. The Balaban J connectivity index is 1.56. The summed E-state index contributed by atoms with van der Waals surface area (Å²) in [7, 11) is 0. The largest absolute Gasteiger partial charge is 0.357 e. The third-order valence-corrected chi connectivity index (χ3v) is 3.90. The number of hydrogen-bond acceptors (Lipinski definition) is 4. The SMILES string of the molecule is O=C(NCc1nccc(N2CCCCC2)n1)Nc1ccccc1F. The molecule has 0 bridgehead atoms. The summed E-state index contributed by atoms with van der Waals surface area (Å²) in [6.07, 6.45) is 5.29. The first-order valence-electron chi connectivity index (χ1n) is 8.08. The molecule has 0 radical (unpaired) electrons. The quantitative estimate of drug-likeness (QED) is 0.905. The van der Waals surface area contributed by atoms with E-state index in [4.69, 9.17) is 0 Å². The molecule has 1 aliphatic rings. The van der Waals surface area contributed by atoms with Gasteiger partial charge in [0.2, 0.25) is 0 Å². The van der Waals surface area contributed by atoms with Crippen molar-refractivity contribution in [1.82, 2.24) is 15.3 Å². The fourth-order valence-electron chi connectivity index (χ4n) is 2.66. The van der Waals surface area contributed by atoms with Gasteiger partial charge in [-0.3, -0.25) is 0 Å². The molecule has 1 saturated heterocycles. The van der Waals surface area contributed by atoms with Gasteiger partial charge in [0, 0.05) is 19.3 Å². The van der Waals surface area contributed by atoms with Crippen molar-refractivity contribution in [3.8, 4) is 0 Å². The minimum Gasteiger partial charge on any atom is -0.357 e. The maximum absolute atomic E-state index is 13.5. The van der Waals surface area contributed by atoms with Crippen LogP contribution in [0.25, 0.3) is 0 Å². The number of carbonyl (C=O) groups is 1. The molecular weight excluding hydrogens is 309 g/mol. The first-order chi connectivity index (χ1) is 11.7. The second-order valence-corrected chi connectivity index (χ2v) is 5.67. The first kappa shape index (κ1) is 16.2. The zero-order valence-corrected chi connectivity index (χ0v) is 13.3. The number of aromatic nitrogens is 2. The van der Waals surface area contributed by atoms with Gasteiger partial charge in [-0.2, -0.15) is 0 Å². The first-order valence-corrected chi connectivity index (χ1v) is 8.08. The number of benzene rings is 1. The van der Waals surface area contributed by atoms with Crippen molar-refractivity contribution in [3.05, 3.63) is 48.2 Å². The topological polar surface area (TPSA) is 70.2 Å². The van der Waals surface area contributed by atoms with E-state index in [9.17, 15) is 9.18 Å². The summed E-state index contributed by atoms with van der Waals surface area (Å²) in [6.45, 7) is 2.18. The molecule has 0 aliphatic carbocycles.